The van der Waals surface area contributed by atoms with Crippen molar-refractivity contribution in [2.24, 2.45) is 0 Å². The fourth-order valence-electron chi connectivity index (χ4n) is 3.93. The predicted octanol–water partition coefficient (Wildman–Crippen LogP) is 5.19. The standard InChI is InChI=1S/C25H27FN4O2/c1-25(2)9-11-27-22-14-18(5-7-20(22)25)30-24(31)19-6-4-17(26)13-21(19)29-15-16-8-10-28-23(12-16)32-3/h4-8,10,12-14,27,29H,9,11,15H2,1-3H3,(H,30,31). The number of aromatic nitrogens is 1. The molecule has 0 spiro atoms. The maximum Gasteiger partial charge on any atom is 0.257 e. The van der Waals surface area contributed by atoms with Crippen molar-refractivity contribution in [1.29, 1.82) is 0 Å². The number of hydrogen-bond acceptors (Lipinski definition) is 5. The normalized spacial score (nSPS) is 14.1. The van der Waals surface area contributed by atoms with Gasteiger partial charge in [-0.25, -0.2) is 9.37 Å². The van der Waals surface area contributed by atoms with Crippen LogP contribution in [0.2, 0.25) is 0 Å². The first kappa shape index (κ1) is 21.6. The van der Waals surface area contributed by atoms with Crippen molar-refractivity contribution in [3.63, 3.8) is 0 Å². The van der Waals surface area contributed by atoms with E-state index in [4.69, 9.17) is 4.74 Å². The highest BCUT2D eigenvalue weighted by molar-refractivity contribution is 6.08. The van der Waals surface area contributed by atoms with Crippen LogP contribution in [0, 0.1) is 5.82 Å². The van der Waals surface area contributed by atoms with Gasteiger partial charge in [-0.2, -0.15) is 0 Å². The van der Waals surface area contributed by atoms with Crippen molar-refractivity contribution < 1.29 is 13.9 Å². The fraction of sp³-hybridized carbons (Fsp3) is 0.280. The zero-order valence-electron chi connectivity index (χ0n) is 18.5. The Labute approximate surface area is 187 Å². The van der Waals surface area contributed by atoms with Crippen LogP contribution in [0.1, 0.15) is 41.8 Å². The summed E-state index contributed by atoms with van der Waals surface area (Å²) in [7, 11) is 1.55. The second-order valence-electron chi connectivity index (χ2n) is 8.53. The Morgan fingerprint density at radius 2 is 2.03 bits per heavy atom. The third-order valence-corrected chi connectivity index (χ3v) is 5.79. The molecule has 0 saturated carbocycles. The molecule has 2 aromatic carbocycles. The number of pyridine rings is 1. The van der Waals surface area contributed by atoms with E-state index in [1.165, 1.54) is 23.8 Å². The fourth-order valence-corrected chi connectivity index (χ4v) is 3.93. The number of halogens is 1. The number of fused-ring (bicyclic) bond motifs is 1. The lowest BCUT2D eigenvalue weighted by Crippen LogP contribution is -2.28. The number of nitrogens with one attached hydrogen (secondary N) is 3. The Morgan fingerprint density at radius 1 is 1.19 bits per heavy atom. The van der Waals surface area contributed by atoms with Crippen molar-refractivity contribution >= 4 is 23.0 Å². The van der Waals surface area contributed by atoms with Crippen LogP contribution in [0.15, 0.2) is 54.7 Å². The number of anilines is 3. The van der Waals surface area contributed by atoms with E-state index >= 15 is 0 Å². The van der Waals surface area contributed by atoms with Gasteiger partial charge in [0.1, 0.15) is 5.82 Å². The molecule has 0 fully saturated rings. The number of rotatable bonds is 6. The summed E-state index contributed by atoms with van der Waals surface area (Å²) in [6.45, 7) is 5.73. The summed E-state index contributed by atoms with van der Waals surface area (Å²) in [4.78, 5) is 17.1. The van der Waals surface area contributed by atoms with Gasteiger partial charge >= 0.3 is 0 Å². The topological polar surface area (TPSA) is 75.3 Å². The van der Waals surface area contributed by atoms with Crippen LogP contribution in [-0.2, 0) is 12.0 Å². The maximum absolute atomic E-state index is 13.9. The van der Waals surface area contributed by atoms with Crippen LogP contribution in [0.4, 0.5) is 21.5 Å². The Kier molecular flexibility index (Phi) is 5.99. The smallest absolute Gasteiger partial charge is 0.257 e. The molecule has 0 atom stereocenters. The van der Waals surface area contributed by atoms with Crippen molar-refractivity contribution in [3.8, 4) is 5.88 Å². The third-order valence-electron chi connectivity index (χ3n) is 5.79. The van der Waals surface area contributed by atoms with Crippen molar-refractivity contribution in [3.05, 3.63) is 77.2 Å². The quantitative estimate of drug-likeness (QED) is 0.498. The van der Waals surface area contributed by atoms with Gasteiger partial charge in [0.15, 0.2) is 0 Å². The second kappa shape index (κ2) is 8.86. The molecule has 0 bridgehead atoms. The van der Waals surface area contributed by atoms with Crippen molar-refractivity contribution in [2.75, 3.05) is 29.6 Å². The summed E-state index contributed by atoms with van der Waals surface area (Å²) < 4.78 is 19.1. The van der Waals surface area contributed by atoms with Crippen LogP contribution in [-0.4, -0.2) is 24.5 Å². The Hall–Kier alpha value is -3.61. The van der Waals surface area contributed by atoms with Gasteiger partial charge in [0.2, 0.25) is 5.88 Å². The number of nitrogens with zero attached hydrogens (tertiary/aromatic N) is 1. The first-order chi connectivity index (χ1) is 15.4. The molecule has 32 heavy (non-hydrogen) atoms. The summed E-state index contributed by atoms with van der Waals surface area (Å²) in [6, 6.07) is 13.6. The molecule has 1 aliphatic rings. The highest BCUT2D eigenvalue weighted by atomic mass is 19.1. The second-order valence-corrected chi connectivity index (χ2v) is 8.53. The number of ether oxygens (including phenoxy) is 1. The number of methoxy groups -OCH3 is 1. The molecule has 166 valence electrons. The summed E-state index contributed by atoms with van der Waals surface area (Å²) in [6.07, 6.45) is 2.69. The Balaban J connectivity index is 1.53. The van der Waals surface area contributed by atoms with Crippen LogP contribution < -0.4 is 20.7 Å². The van der Waals surface area contributed by atoms with Gasteiger partial charge in [-0.3, -0.25) is 4.79 Å². The number of benzene rings is 2. The van der Waals surface area contributed by atoms with Gasteiger partial charge in [0.05, 0.1) is 18.4 Å². The van der Waals surface area contributed by atoms with E-state index in [1.54, 1.807) is 19.4 Å². The van der Waals surface area contributed by atoms with E-state index in [0.717, 1.165) is 24.2 Å². The third kappa shape index (κ3) is 4.66. The highest BCUT2D eigenvalue weighted by Gasteiger charge is 2.27. The van der Waals surface area contributed by atoms with Gasteiger partial charge in [0, 0.05) is 36.7 Å². The van der Waals surface area contributed by atoms with E-state index in [0.29, 0.717) is 29.4 Å². The molecule has 1 aromatic heterocycles. The molecule has 2 heterocycles. The number of carbonyl (C=O) groups excluding carboxylic acids is 1. The maximum atomic E-state index is 13.9. The van der Waals surface area contributed by atoms with Gasteiger partial charge in [-0.05, 0) is 59.4 Å². The molecule has 0 aliphatic carbocycles. The average Bonchev–Trinajstić information content (AvgIpc) is 2.77. The Morgan fingerprint density at radius 3 is 2.84 bits per heavy atom. The Bertz CT molecular complexity index is 1150. The monoisotopic (exact) mass is 434 g/mol. The van der Waals surface area contributed by atoms with Crippen LogP contribution in [0.5, 0.6) is 5.88 Å². The molecule has 7 heteroatoms. The molecule has 4 rings (SSSR count). The molecule has 0 unspecified atom stereocenters. The van der Waals surface area contributed by atoms with E-state index < -0.39 is 5.82 Å². The largest absolute Gasteiger partial charge is 0.481 e. The summed E-state index contributed by atoms with van der Waals surface area (Å²) in [5.74, 6) is -0.239. The number of amides is 1. The lowest BCUT2D eigenvalue weighted by molar-refractivity contribution is 0.102. The van der Waals surface area contributed by atoms with Gasteiger partial charge in [0.25, 0.3) is 5.91 Å². The molecule has 3 N–H and O–H groups in total. The minimum atomic E-state index is -0.420. The zero-order chi connectivity index (χ0) is 22.7. The molecule has 6 nitrogen and oxygen atoms in total. The van der Waals surface area contributed by atoms with Crippen molar-refractivity contribution in [1.82, 2.24) is 4.98 Å². The minimum absolute atomic E-state index is 0.0901. The van der Waals surface area contributed by atoms with Gasteiger partial charge < -0.3 is 20.7 Å². The van der Waals surface area contributed by atoms with E-state index in [-0.39, 0.29) is 11.3 Å². The predicted molar refractivity (Wildman–Crippen MR) is 125 cm³/mol. The van der Waals surface area contributed by atoms with Crippen LogP contribution >= 0.6 is 0 Å². The van der Waals surface area contributed by atoms with Crippen molar-refractivity contribution in [2.45, 2.75) is 32.2 Å². The summed E-state index contributed by atoms with van der Waals surface area (Å²) in [5, 5.41) is 9.50. The first-order valence-electron chi connectivity index (χ1n) is 10.6. The highest BCUT2D eigenvalue weighted by Crippen LogP contribution is 2.38. The van der Waals surface area contributed by atoms with Gasteiger partial charge in [-0.1, -0.05) is 19.9 Å². The molecule has 1 aliphatic heterocycles. The number of carbonyl (C=O) groups is 1. The SMILES string of the molecule is COc1cc(CNc2cc(F)ccc2C(=O)Nc2ccc3c(c2)NCCC3(C)C)ccn1. The lowest BCUT2D eigenvalue weighted by Gasteiger charge is -2.33. The van der Waals surface area contributed by atoms with E-state index in [9.17, 15) is 9.18 Å². The molecule has 3 aromatic rings. The molecule has 0 saturated heterocycles. The van der Waals surface area contributed by atoms with Gasteiger partial charge in [-0.15, -0.1) is 0 Å². The minimum Gasteiger partial charge on any atom is -0.481 e. The van der Waals surface area contributed by atoms with E-state index in [1.807, 2.05) is 18.2 Å². The summed E-state index contributed by atoms with van der Waals surface area (Å²) in [5.41, 5.74) is 4.71. The lowest BCUT2D eigenvalue weighted by atomic mass is 9.78. The molecular formula is C25H27FN4O2. The average molecular weight is 435 g/mol. The first-order valence-corrected chi connectivity index (χ1v) is 10.6. The molecule has 1 amide bonds. The number of hydrogen-bond donors (Lipinski definition) is 3. The van der Waals surface area contributed by atoms with E-state index in [2.05, 4.69) is 40.8 Å². The summed E-state index contributed by atoms with van der Waals surface area (Å²) >= 11 is 0. The zero-order valence-corrected chi connectivity index (χ0v) is 18.5. The molecule has 0 radical (unpaired) electrons. The van der Waals surface area contributed by atoms with Crippen LogP contribution in [0.25, 0.3) is 0 Å². The van der Waals surface area contributed by atoms with Crippen LogP contribution in [0.3, 0.4) is 0 Å². The molecular weight excluding hydrogens is 407 g/mol.